The number of amides is 1. The summed E-state index contributed by atoms with van der Waals surface area (Å²) in [5.41, 5.74) is 2.23. The van der Waals surface area contributed by atoms with Gasteiger partial charge in [-0.25, -0.2) is 12.8 Å². The Bertz CT molecular complexity index is 1230. The SMILES string of the molecule is O=C(NC1CCc2cc(F)ccc21)c1cccc(S(=O)(=O)Nc2ccccc2Cl)c1. The number of aryl methyl sites for hydroxylation is 1. The largest absolute Gasteiger partial charge is 0.345 e. The molecular formula is C22H18ClFN2O3S. The third-order valence-electron chi connectivity index (χ3n) is 5.01. The van der Waals surface area contributed by atoms with Crippen LogP contribution in [0, 0.1) is 5.82 Å². The maximum atomic E-state index is 13.4. The van der Waals surface area contributed by atoms with Gasteiger partial charge >= 0.3 is 0 Å². The average molecular weight is 445 g/mol. The predicted molar refractivity (Wildman–Crippen MR) is 114 cm³/mol. The predicted octanol–water partition coefficient (Wildman–Crippen LogP) is 4.70. The lowest BCUT2D eigenvalue weighted by Gasteiger charge is -2.15. The summed E-state index contributed by atoms with van der Waals surface area (Å²) in [5.74, 6) is -0.698. The standard InChI is InChI=1S/C22H18ClFN2O3S/c23-19-6-1-2-7-21(19)26-30(28,29)17-5-3-4-15(13-17)22(27)25-20-11-8-14-12-16(24)9-10-18(14)20/h1-7,9-10,12-13,20,26H,8,11H2,(H,25,27). The van der Waals surface area contributed by atoms with Crippen LogP contribution >= 0.6 is 11.6 Å². The summed E-state index contributed by atoms with van der Waals surface area (Å²) < 4.78 is 41.3. The summed E-state index contributed by atoms with van der Waals surface area (Å²) >= 11 is 6.03. The fourth-order valence-electron chi connectivity index (χ4n) is 3.53. The van der Waals surface area contributed by atoms with Crippen LogP contribution in [-0.4, -0.2) is 14.3 Å². The van der Waals surface area contributed by atoms with Crippen molar-refractivity contribution in [3.05, 3.63) is 94.3 Å². The molecule has 8 heteroatoms. The molecule has 5 nitrogen and oxygen atoms in total. The minimum absolute atomic E-state index is 0.0519. The molecule has 154 valence electrons. The molecule has 0 fully saturated rings. The molecule has 0 aliphatic heterocycles. The van der Waals surface area contributed by atoms with Crippen LogP contribution < -0.4 is 10.0 Å². The Morgan fingerprint density at radius 2 is 1.83 bits per heavy atom. The van der Waals surface area contributed by atoms with Crippen molar-refractivity contribution in [2.75, 3.05) is 4.72 Å². The highest BCUT2D eigenvalue weighted by atomic mass is 35.5. The Kier molecular flexibility index (Phi) is 5.49. The van der Waals surface area contributed by atoms with Gasteiger partial charge in [-0.1, -0.05) is 35.9 Å². The van der Waals surface area contributed by atoms with Gasteiger partial charge in [-0.15, -0.1) is 0 Å². The molecule has 0 spiro atoms. The first-order chi connectivity index (χ1) is 14.3. The molecule has 0 heterocycles. The van der Waals surface area contributed by atoms with Crippen molar-refractivity contribution >= 4 is 33.2 Å². The normalized spacial score (nSPS) is 15.5. The topological polar surface area (TPSA) is 75.3 Å². The molecule has 0 bridgehead atoms. The number of benzene rings is 3. The van der Waals surface area contributed by atoms with E-state index in [2.05, 4.69) is 10.0 Å². The van der Waals surface area contributed by atoms with Crippen LogP contribution in [0.5, 0.6) is 0 Å². The second-order valence-electron chi connectivity index (χ2n) is 7.02. The van der Waals surface area contributed by atoms with Gasteiger partial charge in [0.1, 0.15) is 5.82 Å². The molecule has 0 saturated heterocycles. The molecular weight excluding hydrogens is 427 g/mol. The van der Waals surface area contributed by atoms with E-state index in [0.29, 0.717) is 12.8 Å². The van der Waals surface area contributed by atoms with Crippen molar-refractivity contribution < 1.29 is 17.6 Å². The van der Waals surface area contributed by atoms with Crippen LogP contribution in [0.1, 0.15) is 33.9 Å². The molecule has 3 aromatic carbocycles. The second-order valence-corrected chi connectivity index (χ2v) is 9.11. The highest BCUT2D eigenvalue weighted by Gasteiger charge is 2.25. The van der Waals surface area contributed by atoms with Crippen molar-refractivity contribution in [1.29, 1.82) is 0 Å². The van der Waals surface area contributed by atoms with E-state index in [-0.39, 0.29) is 33.0 Å². The van der Waals surface area contributed by atoms with E-state index in [1.165, 1.54) is 30.3 Å². The zero-order valence-corrected chi connectivity index (χ0v) is 17.3. The molecule has 0 radical (unpaired) electrons. The zero-order valence-electron chi connectivity index (χ0n) is 15.7. The maximum Gasteiger partial charge on any atom is 0.261 e. The second kappa shape index (κ2) is 8.08. The molecule has 4 rings (SSSR count). The van der Waals surface area contributed by atoms with Gasteiger partial charge in [0.15, 0.2) is 0 Å². The number of hydrogen-bond acceptors (Lipinski definition) is 3. The first kappa shape index (κ1) is 20.4. The van der Waals surface area contributed by atoms with Crippen LogP contribution in [0.4, 0.5) is 10.1 Å². The Morgan fingerprint density at radius 3 is 2.63 bits per heavy atom. The van der Waals surface area contributed by atoms with Crippen molar-refractivity contribution in [2.45, 2.75) is 23.8 Å². The molecule has 1 amide bonds. The summed E-state index contributed by atoms with van der Waals surface area (Å²) in [7, 11) is -3.93. The van der Waals surface area contributed by atoms with E-state index in [1.807, 2.05) is 0 Å². The van der Waals surface area contributed by atoms with E-state index in [0.717, 1.165) is 11.1 Å². The van der Waals surface area contributed by atoms with E-state index in [4.69, 9.17) is 11.6 Å². The number of para-hydroxylation sites is 1. The number of hydrogen-bond donors (Lipinski definition) is 2. The number of anilines is 1. The molecule has 1 aliphatic rings. The van der Waals surface area contributed by atoms with Crippen molar-refractivity contribution in [3.8, 4) is 0 Å². The monoisotopic (exact) mass is 444 g/mol. The zero-order chi connectivity index (χ0) is 21.3. The fourth-order valence-corrected chi connectivity index (χ4v) is 4.89. The van der Waals surface area contributed by atoms with Crippen molar-refractivity contribution in [1.82, 2.24) is 5.32 Å². The summed E-state index contributed by atoms with van der Waals surface area (Å²) in [6.45, 7) is 0. The van der Waals surface area contributed by atoms with Gasteiger partial charge in [-0.2, -0.15) is 0 Å². The quantitative estimate of drug-likeness (QED) is 0.599. The van der Waals surface area contributed by atoms with Gasteiger partial charge < -0.3 is 5.32 Å². The molecule has 1 atom stereocenters. The van der Waals surface area contributed by atoms with Gasteiger partial charge in [0.25, 0.3) is 15.9 Å². The maximum absolute atomic E-state index is 13.4. The molecule has 1 unspecified atom stereocenters. The number of sulfonamides is 1. The minimum atomic E-state index is -3.93. The lowest BCUT2D eigenvalue weighted by atomic mass is 10.1. The van der Waals surface area contributed by atoms with E-state index in [1.54, 1.807) is 36.4 Å². The fraction of sp³-hybridized carbons (Fsp3) is 0.136. The number of fused-ring (bicyclic) bond motifs is 1. The van der Waals surface area contributed by atoms with Gasteiger partial charge in [-0.3, -0.25) is 9.52 Å². The Balaban J connectivity index is 1.54. The number of halogens is 2. The number of carbonyl (C=O) groups is 1. The molecule has 0 aromatic heterocycles. The summed E-state index contributed by atoms with van der Waals surface area (Å²) in [6.07, 6.45) is 1.34. The van der Waals surface area contributed by atoms with Crippen LogP contribution in [0.25, 0.3) is 0 Å². The molecule has 30 heavy (non-hydrogen) atoms. The van der Waals surface area contributed by atoms with E-state index in [9.17, 15) is 17.6 Å². The lowest BCUT2D eigenvalue weighted by molar-refractivity contribution is 0.0936. The van der Waals surface area contributed by atoms with E-state index >= 15 is 0 Å². The first-order valence-electron chi connectivity index (χ1n) is 9.30. The Labute approximate surface area is 178 Å². The van der Waals surface area contributed by atoms with Crippen LogP contribution in [0.2, 0.25) is 5.02 Å². The molecule has 2 N–H and O–H groups in total. The summed E-state index contributed by atoms with van der Waals surface area (Å²) in [6, 6.07) is 16.6. The smallest absolute Gasteiger partial charge is 0.261 e. The van der Waals surface area contributed by atoms with Crippen molar-refractivity contribution in [2.24, 2.45) is 0 Å². The number of rotatable bonds is 5. The summed E-state index contributed by atoms with van der Waals surface area (Å²) in [4.78, 5) is 12.7. The number of nitrogens with one attached hydrogen (secondary N) is 2. The Hall–Kier alpha value is -2.90. The number of carbonyl (C=O) groups excluding carboxylic acids is 1. The van der Waals surface area contributed by atoms with Crippen molar-refractivity contribution in [3.63, 3.8) is 0 Å². The molecule has 1 aliphatic carbocycles. The third kappa shape index (κ3) is 4.17. The molecule has 0 saturated carbocycles. The van der Waals surface area contributed by atoms with E-state index < -0.39 is 15.9 Å². The third-order valence-corrected chi connectivity index (χ3v) is 6.71. The van der Waals surface area contributed by atoms with Crippen LogP contribution in [0.3, 0.4) is 0 Å². The van der Waals surface area contributed by atoms with Crippen LogP contribution in [-0.2, 0) is 16.4 Å². The minimum Gasteiger partial charge on any atom is -0.345 e. The van der Waals surface area contributed by atoms with Gasteiger partial charge in [0.05, 0.1) is 21.6 Å². The summed E-state index contributed by atoms with van der Waals surface area (Å²) in [5, 5.41) is 3.18. The average Bonchev–Trinajstić information content (AvgIpc) is 3.11. The Morgan fingerprint density at radius 1 is 1.03 bits per heavy atom. The highest BCUT2D eigenvalue weighted by molar-refractivity contribution is 7.92. The van der Waals surface area contributed by atoms with Crippen LogP contribution in [0.15, 0.2) is 71.6 Å². The van der Waals surface area contributed by atoms with Gasteiger partial charge in [0, 0.05) is 5.56 Å². The lowest BCUT2D eigenvalue weighted by Crippen LogP contribution is -2.27. The van der Waals surface area contributed by atoms with Gasteiger partial charge in [0.2, 0.25) is 0 Å². The highest BCUT2D eigenvalue weighted by Crippen LogP contribution is 2.32. The van der Waals surface area contributed by atoms with Gasteiger partial charge in [-0.05, 0) is 66.4 Å². The molecule has 3 aromatic rings. The first-order valence-corrected chi connectivity index (χ1v) is 11.2.